The molecule has 0 bridgehead atoms. The fourth-order valence-electron chi connectivity index (χ4n) is 3.95. The average molecular weight is 326 g/mol. The van der Waals surface area contributed by atoms with Crippen molar-refractivity contribution in [1.82, 2.24) is 19.9 Å². The van der Waals surface area contributed by atoms with Crippen molar-refractivity contribution in [2.45, 2.75) is 31.8 Å². The maximum atomic E-state index is 12.3. The molecule has 0 unspecified atom stereocenters. The Balaban J connectivity index is 1.64. The third kappa shape index (κ3) is 2.58. The van der Waals surface area contributed by atoms with E-state index in [0.717, 1.165) is 43.7 Å². The Morgan fingerprint density at radius 3 is 2.75 bits per heavy atom. The molecule has 0 aliphatic carbocycles. The summed E-state index contributed by atoms with van der Waals surface area (Å²) in [4.78, 5) is 29.7. The zero-order chi connectivity index (χ0) is 16.7. The Kier molecular flexibility index (Phi) is 3.80. The van der Waals surface area contributed by atoms with Gasteiger partial charge in [-0.3, -0.25) is 4.79 Å². The lowest BCUT2D eigenvalue weighted by atomic mass is 9.94. The molecule has 24 heavy (non-hydrogen) atoms. The number of rotatable bonds is 2. The first-order valence-corrected chi connectivity index (χ1v) is 8.50. The van der Waals surface area contributed by atoms with Crippen LogP contribution in [0.5, 0.6) is 0 Å². The fourth-order valence-corrected chi connectivity index (χ4v) is 3.95. The van der Waals surface area contributed by atoms with Gasteiger partial charge in [0.05, 0.1) is 11.7 Å². The summed E-state index contributed by atoms with van der Waals surface area (Å²) in [6, 6.07) is 1.86. The van der Waals surface area contributed by atoms with E-state index >= 15 is 0 Å². The molecule has 7 nitrogen and oxygen atoms in total. The number of nitrogens with two attached hydrogens (primary N) is 1. The summed E-state index contributed by atoms with van der Waals surface area (Å²) in [5.41, 5.74) is 8.41. The van der Waals surface area contributed by atoms with Gasteiger partial charge in [-0.05, 0) is 24.8 Å². The number of nitrogens with zero attached hydrogens (tertiary/aromatic N) is 5. The van der Waals surface area contributed by atoms with Gasteiger partial charge in [-0.2, -0.15) is 0 Å². The molecule has 2 aromatic heterocycles. The fraction of sp³-hybridized carbons (Fsp3) is 0.529. The van der Waals surface area contributed by atoms with Gasteiger partial charge in [0.1, 0.15) is 5.52 Å². The molecule has 126 valence electrons. The Bertz CT molecular complexity index is 760. The number of likely N-dealkylation sites (tertiary alicyclic amines) is 1. The second-order valence-corrected chi connectivity index (χ2v) is 6.89. The van der Waals surface area contributed by atoms with Crippen LogP contribution in [0.4, 0.5) is 5.69 Å². The summed E-state index contributed by atoms with van der Waals surface area (Å²) >= 11 is 0. The summed E-state index contributed by atoms with van der Waals surface area (Å²) in [7, 11) is 0. The molecule has 2 fully saturated rings. The van der Waals surface area contributed by atoms with Gasteiger partial charge in [0, 0.05) is 44.3 Å². The number of amides is 1. The number of hydrogen-bond acceptors (Lipinski definition) is 6. The monoisotopic (exact) mass is 326 g/mol. The molecule has 2 N–H and O–H groups in total. The van der Waals surface area contributed by atoms with E-state index in [1.165, 1.54) is 0 Å². The number of hydrogen-bond donors (Lipinski definition) is 1. The highest BCUT2D eigenvalue weighted by Gasteiger charge is 2.37. The Labute approximate surface area is 140 Å². The van der Waals surface area contributed by atoms with Crippen molar-refractivity contribution in [3.63, 3.8) is 0 Å². The lowest BCUT2D eigenvalue weighted by Gasteiger charge is -2.41. The van der Waals surface area contributed by atoms with Gasteiger partial charge in [-0.15, -0.1) is 0 Å². The van der Waals surface area contributed by atoms with Crippen LogP contribution in [-0.4, -0.2) is 57.5 Å². The van der Waals surface area contributed by atoms with Crippen LogP contribution in [0.3, 0.4) is 0 Å². The lowest BCUT2D eigenvalue weighted by molar-refractivity contribution is -0.131. The van der Waals surface area contributed by atoms with Gasteiger partial charge >= 0.3 is 0 Å². The van der Waals surface area contributed by atoms with Gasteiger partial charge in [0.25, 0.3) is 0 Å². The number of fused-ring (bicyclic) bond motifs is 1. The van der Waals surface area contributed by atoms with Crippen LogP contribution in [0.1, 0.15) is 19.8 Å². The largest absolute Gasteiger partial charge is 0.367 e. The van der Waals surface area contributed by atoms with Crippen LogP contribution >= 0.6 is 0 Å². The number of piperidine rings is 1. The van der Waals surface area contributed by atoms with E-state index in [1.54, 1.807) is 18.6 Å². The van der Waals surface area contributed by atoms with E-state index in [0.29, 0.717) is 11.6 Å². The zero-order valence-electron chi connectivity index (χ0n) is 13.8. The van der Waals surface area contributed by atoms with Crippen molar-refractivity contribution in [2.75, 3.05) is 24.5 Å². The van der Waals surface area contributed by atoms with Crippen LogP contribution in [0.15, 0.2) is 24.7 Å². The van der Waals surface area contributed by atoms with Crippen molar-refractivity contribution in [2.24, 2.45) is 11.7 Å². The van der Waals surface area contributed by atoms with Crippen LogP contribution in [0, 0.1) is 5.92 Å². The average Bonchev–Trinajstić information content (AvgIpc) is 2.93. The molecule has 0 radical (unpaired) electrons. The van der Waals surface area contributed by atoms with Crippen molar-refractivity contribution < 1.29 is 4.79 Å². The van der Waals surface area contributed by atoms with E-state index in [-0.39, 0.29) is 18.0 Å². The summed E-state index contributed by atoms with van der Waals surface area (Å²) < 4.78 is 0. The minimum absolute atomic E-state index is 0.0911. The minimum Gasteiger partial charge on any atom is -0.367 e. The summed E-state index contributed by atoms with van der Waals surface area (Å²) in [5.74, 6) is 0.585. The topological polar surface area (TPSA) is 88.2 Å². The van der Waals surface area contributed by atoms with Crippen molar-refractivity contribution in [1.29, 1.82) is 0 Å². The zero-order valence-corrected chi connectivity index (χ0v) is 13.8. The molecule has 4 rings (SSSR count). The molecule has 0 aromatic carbocycles. The second kappa shape index (κ2) is 5.98. The number of aromatic nitrogens is 3. The molecule has 7 heteroatoms. The van der Waals surface area contributed by atoms with Crippen LogP contribution in [0.2, 0.25) is 0 Å². The predicted molar refractivity (Wildman–Crippen MR) is 91.4 cm³/mol. The van der Waals surface area contributed by atoms with E-state index in [1.807, 2.05) is 11.0 Å². The highest BCUT2D eigenvalue weighted by atomic mass is 16.2. The molecule has 1 amide bonds. The molecule has 2 aliphatic heterocycles. The molecule has 0 saturated carbocycles. The van der Waals surface area contributed by atoms with Crippen molar-refractivity contribution >= 4 is 22.8 Å². The molecule has 2 aliphatic rings. The molecular weight excluding hydrogens is 304 g/mol. The van der Waals surface area contributed by atoms with Crippen LogP contribution in [0.25, 0.3) is 11.2 Å². The third-order valence-electron chi connectivity index (χ3n) is 5.05. The first-order valence-electron chi connectivity index (χ1n) is 8.50. The number of anilines is 1. The summed E-state index contributed by atoms with van der Waals surface area (Å²) in [6.07, 6.45) is 6.90. The quantitative estimate of drug-likeness (QED) is 0.878. The number of pyridine rings is 1. The number of carbonyl (C=O) groups excluding carboxylic acids is 1. The highest BCUT2D eigenvalue weighted by molar-refractivity contribution is 5.86. The molecule has 3 atom stereocenters. The molecule has 0 spiro atoms. The molecule has 4 heterocycles. The van der Waals surface area contributed by atoms with Gasteiger partial charge in [0.2, 0.25) is 5.91 Å². The normalized spacial score (nSPS) is 27.9. The maximum absolute atomic E-state index is 12.3. The van der Waals surface area contributed by atoms with Crippen LogP contribution in [-0.2, 0) is 4.79 Å². The van der Waals surface area contributed by atoms with E-state index in [9.17, 15) is 4.79 Å². The van der Waals surface area contributed by atoms with Gasteiger partial charge in [-0.1, -0.05) is 6.92 Å². The Morgan fingerprint density at radius 1 is 1.17 bits per heavy atom. The van der Waals surface area contributed by atoms with Gasteiger partial charge < -0.3 is 15.5 Å². The van der Waals surface area contributed by atoms with E-state index in [2.05, 4.69) is 26.8 Å². The van der Waals surface area contributed by atoms with Gasteiger partial charge in [-0.25, -0.2) is 15.0 Å². The van der Waals surface area contributed by atoms with E-state index in [4.69, 9.17) is 5.73 Å². The molecular formula is C17H22N6O. The summed E-state index contributed by atoms with van der Waals surface area (Å²) in [5, 5.41) is 0. The van der Waals surface area contributed by atoms with Crippen LogP contribution < -0.4 is 10.6 Å². The van der Waals surface area contributed by atoms with Crippen molar-refractivity contribution in [3.05, 3.63) is 24.7 Å². The Hall–Kier alpha value is -2.28. The smallest absolute Gasteiger partial charge is 0.239 e. The van der Waals surface area contributed by atoms with Crippen molar-refractivity contribution in [3.8, 4) is 0 Å². The first kappa shape index (κ1) is 15.3. The maximum Gasteiger partial charge on any atom is 0.239 e. The SMILES string of the molecule is C[C@@H]1C[C@@H](N2CC[C@@H](N)C2=O)CN(c2ccnc3nccnc23)C1. The standard InChI is InChI=1S/C17H22N6O/c1-11-8-12(23-7-3-13(18)17(23)24)10-22(9-11)14-2-4-20-16-15(14)19-5-6-21-16/h2,4-6,11-13H,3,7-10,18H2,1H3/t11-,12-,13-/m1/s1. The van der Waals surface area contributed by atoms with E-state index < -0.39 is 0 Å². The first-order chi connectivity index (χ1) is 11.6. The highest BCUT2D eigenvalue weighted by Crippen LogP contribution is 2.30. The third-order valence-corrected chi connectivity index (χ3v) is 5.05. The lowest BCUT2D eigenvalue weighted by Crippen LogP contribution is -2.52. The summed E-state index contributed by atoms with van der Waals surface area (Å²) in [6.45, 7) is 4.75. The Morgan fingerprint density at radius 2 is 1.96 bits per heavy atom. The number of carbonyl (C=O) groups is 1. The van der Waals surface area contributed by atoms with Gasteiger partial charge in [0.15, 0.2) is 5.65 Å². The second-order valence-electron chi connectivity index (χ2n) is 6.89. The molecule has 2 aromatic rings. The predicted octanol–water partition coefficient (Wildman–Crippen LogP) is 0.799. The minimum atomic E-state index is -0.330. The molecule has 2 saturated heterocycles.